The molecule has 0 N–H and O–H groups in total. The fraction of sp³-hybridized carbons (Fsp3) is 0.0508. The molecule has 2 heterocycles. The van der Waals surface area contributed by atoms with Gasteiger partial charge in [-0.3, -0.25) is 0 Å². The second kappa shape index (κ2) is 14.4. The first kappa shape index (κ1) is 36.0. The number of benzene rings is 9. The van der Waals surface area contributed by atoms with Crippen LogP contribution in [0.1, 0.15) is 12.5 Å². The average Bonchev–Trinajstić information content (AvgIpc) is 3.87. The molecular formula is C59H41NO2. The van der Waals surface area contributed by atoms with Crippen molar-refractivity contribution in [2.24, 2.45) is 0 Å². The number of furan rings is 1. The summed E-state index contributed by atoms with van der Waals surface area (Å²) in [6, 6.07) is 72.1. The number of allylic oxidation sites excluding steroid dienone is 2. The van der Waals surface area contributed by atoms with E-state index < -0.39 is 0 Å². The molecule has 0 saturated heterocycles. The van der Waals surface area contributed by atoms with Crippen LogP contribution in [0.5, 0.6) is 5.75 Å². The average molecular weight is 796 g/mol. The lowest BCUT2D eigenvalue weighted by atomic mass is 9.74. The van der Waals surface area contributed by atoms with Gasteiger partial charge in [0.15, 0.2) is 0 Å². The Morgan fingerprint density at radius 2 is 1.06 bits per heavy atom. The zero-order chi connectivity index (χ0) is 41.2. The van der Waals surface area contributed by atoms with Crippen LogP contribution in [-0.2, 0) is 5.41 Å². The Kier molecular flexibility index (Phi) is 8.36. The van der Waals surface area contributed by atoms with Crippen LogP contribution in [0, 0.1) is 0 Å². The van der Waals surface area contributed by atoms with Crippen LogP contribution in [0.2, 0.25) is 0 Å². The predicted molar refractivity (Wildman–Crippen MR) is 258 cm³/mol. The van der Waals surface area contributed by atoms with Gasteiger partial charge in [0.1, 0.15) is 23.0 Å². The third-order valence-electron chi connectivity index (χ3n) is 12.9. The van der Waals surface area contributed by atoms with Gasteiger partial charge in [-0.15, -0.1) is 0 Å². The van der Waals surface area contributed by atoms with Crippen molar-refractivity contribution >= 4 is 49.8 Å². The van der Waals surface area contributed by atoms with Crippen molar-refractivity contribution in [2.75, 3.05) is 4.90 Å². The molecule has 3 heteroatoms. The van der Waals surface area contributed by atoms with Crippen LogP contribution in [0.3, 0.4) is 0 Å². The van der Waals surface area contributed by atoms with E-state index in [1.807, 2.05) is 6.07 Å². The van der Waals surface area contributed by atoms with E-state index in [1.54, 1.807) is 0 Å². The van der Waals surface area contributed by atoms with Gasteiger partial charge >= 0.3 is 0 Å². The highest BCUT2D eigenvalue weighted by molar-refractivity contribution is 6.14. The fourth-order valence-corrected chi connectivity index (χ4v) is 10.1. The summed E-state index contributed by atoms with van der Waals surface area (Å²) in [5.41, 5.74) is 15.1. The summed E-state index contributed by atoms with van der Waals surface area (Å²) in [7, 11) is 0. The van der Waals surface area contributed by atoms with Gasteiger partial charge in [-0.05, 0) is 99.6 Å². The molecule has 294 valence electrons. The van der Waals surface area contributed by atoms with Gasteiger partial charge in [0, 0.05) is 33.2 Å². The van der Waals surface area contributed by atoms with E-state index in [0.717, 1.165) is 67.0 Å². The van der Waals surface area contributed by atoms with Gasteiger partial charge in [-0.2, -0.15) is 0 Å². The van der Waals surface area contributed by atoms with Crippen molar-refractivity contribution in [1.29, 1.82) is 0 Å². The summed E-state index contributed by atoms with van der Waals surface area (Å²) in [6.45, 7) is 2.30. The minimum Gasteiger partial charge on any atom is -0.485 e. The van der Waals surface area contributed by atoms with Gasteiger partial charge in [0.25, 0.3) is 0 Å². The van der Waals surface area contributed by atoms with E-state index in [2.05, 4.69) is 230 Å². The number of para-hydroxylation sites is 3. The second-order valence-electron chi connectivity index (χ2n) is 16.5. The van der Waals surface area contributed by atoms with Crippen molar-refractivity contribution in [2.45, 2.75) is 18.4 Å². The van der Waals surface area contributed by atoms with Crippen molar-refractivity contribution in [1.82, 2.24) is 0 Å². The first-order valence-corrected chi connectivity index (χ1v) is 21.4. The molecule has 0 radical (unpaired) electrons. The standard InChI is InChI=1S/C59H41NO2/c1-59-37-12-11-36-55(59)62-54-35-16-28-44(58(54)59)41-22-13-23-42(38-41)60(51-32-9-6-25-46(51)48-30-17-34-53-57(48)49-26-7-10-33-52(49)61-53)50-31-8-5-24-45(50)47-29-15-21-40-20-14-27-43(56(40)47)39-18-3-2-4-19-39/h2-38,55H,1H3. The number of rotatable bonds is 7. The molecule has 9 aromatic carbocycles. The van der Waals surface area contributed by atoms with E-state index in [-0.39, 0.29) is 11.5 Å². The minimum absolute atomic E-state index is 0.0507. The normalized spacial score (nSPS) is 16.4. The minimum atomic E-state index is -0.285. The van der Waals surface area contributed by atoms with Gasteiger partial charge in [-0.25, -0.2) is 0 Å². The van der Waals surface area contributed by atoms with Gasteiger partial charge in [0.05, 0.1) is 16.8 Å². The van der Waals surface area contributed by atoms with E-state index in [4.69, 9.17) is 9.15 Å². The fourth-order valence-electron chi connectivity index (χ4n) is 10.1. The maximum Gasteiger partial charge on any atom is 0.136 e. The Labute approximate surface area is 361 Å². The number of hydrogen-bond donors (Lipinski definition) is 0. The predicted octanol–water partition coefficient (Wildman–Crippen LogP) is 16.0. The van der Waals surface area contributed by atoms with Crippen LogP contribution in [0.25, 0.3) is 77.2 Å². The van der Waals surface area contributed by atoms with E-state index in [9.17, 15) is 0 Å². The molecule has 12 rings (SSSR count). The number of nitrogens with zero attached hydrogens (tertiary/aromatic N) is 1. The highest BCUT2D eigenvalue weighted by atomic mass is 16.5. The monoisotopic (exact) mass is 795 g/mol. The highest BCUT2D eigenvalue weighted by Crippen LogP contribution is 2.52. The molecule has 10 aromatic rings. The Bertz CT molecular complexity index is 3420. The Balaban J connectivity index is 1.12. The molecule has 2 unspecified atom stereocenters. The van der Waals surface area contributed by atoms with Crippen molar-refractivity contribution in [3.63, 3.8) is 0 Å². The number of fused-ring (bicyclic) bond motifs is 7. The summed E-state index contributed by atoms with van der Waals surface area (Å²) in [6.07, 6.45) is 8.67. The van der Waals surface area contributed by atoms with Gasteiger partial charge < -0.3 is 14.1 Å². The van der Waals surface area contributed by atoms with Crippen LogP contribution >= 0.6 is 0 Å². The van der Waals surface area contributed by atoms with E-state index in [1.165, 1.54) is 38.6 Å². The maximum atomic E-state index is 6.60. The molecule has 3 nitrogen and oxygen atoms in total. The zero-order valence-electron chi connectivity index (χ0n) is 34.2. The third kappa shape index (κ3) is 5.66. The van der Waals surface area contributed by atoms with Crippen LogP contribution in [-0.4, -0.2) is 6.10 Å². The molecule has 2 aliphatic rings. The second-order valence-corrected chi connectivity index (χ2v) is 16.5. The van der Waals surface area contributed by atoms with E-state index >= 15 is 0 Å². The van der Waals surface area contributed by atoms with Crippen molar-refractivity contribution in [3.05, 3.63) is 230 Å². The molecule has 0 bridgehead atoms. The topological polar surface area (TPSA) is 25.6 Å². The van der Waals surface area contributed by atoms with Gasteiger partial charge in [0.2, 0.25) is 0 Å². The summed E-state index contributed by atoms with van der Waals surface area (Å²) >= 11 is 0. The number of hydrogen-bond acceptors (Lipinski definition) is 3. The Morgan fingerprint density at radius 1 is 0.468 bits per heavy atom. The molecular weight excluding hydrogens is 755 g/mol. The number of anilines is 3. The summed E-state index contributed by atoms with van der Waals surface area (Å²) in [5.74, 6) is 0.940. The number of ether oxygens (including phenoxy) is 1. The largest absolute Gasteiger partial charge is 0.485 e. The first-order chi connectivity index (χ1) is 30.6. The summed E-state index contributed by atoms with van der Waals surface area (Å²) in [4.78, 5) is 2.46. The van der Waals surface area contributed by atoms with Gasteiger partial charge in [-0.1, -0.05) is 176 Å². The first-order valence-electron chi connectivity index (χ1n) is 21.4. The quantitative estimate of drug-likeness (QED) is 0.161. The maximum absolute atomic E-state index is 6.60. The molecule has 1 aliphatic carbocycles. The molecule has 1 aromatic heterocycles. The van der Waals surface area contributed by atoms with Crippen molar-refractivity contribution < 1.29 is 9.15 Å². The summed E-state index contributed by atoms with van der Waals surface area (Å²) < 4.78 is 13.1. The van der Waals surface area contributed by atoms with Crippen molar-refractivity contribution in [3.8, 4) is 50.3 Å². The van der Waals surface area contributed by atoms with Crippen LogP contribution in [0.15, 0.2) is 229 Å². The zero-order valence-corrected chi connectivity index (χ0v) is 34.2. The molecule has 2 atom stereocenters. The third-order valence-corrected chi connectivity index (χ3v) is 12.9. The lowest BCUT2D eigenvalue weighted by molar-refractivity contribution is 0.228. The molecule has 0 amide bonds. The van der Waals surface area contributed by atoms with Crippen LogP contribution < -0.4 is 9.64 Å². The lowest BCUT2D eigenvalue weighted by Gasteiger charge is -2.31. The molecule has 62 heavy (non-hydrogen) atoms. The smallest absolute Gasteiger partial charge is 0.136 e. The lowest BCUT2D eigenvalue weighted by Crippen LogP contribution is -2.33. The summed E-state index contributed by atoms with van der Waals surface area (Å²) in [5, 5.41) is 4.63. The Hall–Kier alpha value is -7.88. The molecule has 0 fully saturated rings. The Morgan fingerprint density at radius 3 is 1.87 bits per heavy atom. The molecule has 0 spiro atoms. The molecule has 0 saturated carbocycles. The molecule has 1 aliphatic heterocycles. The van der Waals surface area contributed by atoms with E-state index in [0.29, 0.717) is 0 Å². The highest BCUT2D eigenvalue weighted by Gasteiger charge is 2.44. The van der Waals surface area contributed by atoms with Crippen LogP contribution in [0.4, 0.5) is 17.1 Å². The SMILES string of the molecule is CC12C=CC=CC1Oc1cccc(-c3cccc(N(c4ccccc4-c4cccc5cccc(-c6ccccc6)c45)c4ccccc4-c4cccc5oc6ccccc6c45)c3)c12.